The van der Waals surface area contributed by atoms with Gasteiger partial charge in [0.25, 0.3) is 11.8 Å². The predicted octanol–water partition coefficient (Wildman–Crippen LogP) is 5.44. The Labute approximate surface area is 240 Å². The number of benzene rings is 2. The van der Waals surface area contributed by atoms with Crippen LogP contribution < -0.4 is 5.32 Å². The fraction of sp³-hybridized carbons (Fsp3) is 0.344. The summed E-state index contributed by atoms with van der Waals surface area (Å²) in [5.41, 5.74) is 3.55. The second-order valence-corrected chi connectivity index (χ2v) is 11.3. The van der Waals surface area contributed by atoms with E-state index in [-0.39, 0.29) is 17.9 Å². The van der Waals surface area contributed by atoms with Gasteiger partial charge in [0, 0.05) is 55.1 Å². The monoisotopic (exact) mass is 555 g/mol. The van der Waals surface area contributed by atoms with Crippen LogP contribution >= 0.6 is 11.3 Å². The van der Waals surface area contributed by atoms with Crippen molar-refractivity contribution in [1.82, 2.24) is 24.7 Å². The zero-order chi connectivity index (χ0) is 27.7. The molecule has 1 fully saturated rings. The van der Waals surface area contributed by atoms with E-state index in [4.69, 9.17) is 0 Å². The van der Waals surface area contributed by atoms with Crippen molar-refractivity contribution in [3.05, 3.63) is 112 Å². The van der Waals surface area contributed by atoms with Gasteiger partial charge in [-0.2, -0.15) is 0 Å². The number of carbonyl (C=O) groups excluding carboxylic acids is 2. The first-order valence-corrected chi connectivity index (χ1v) is 15.0. The molecule has 0 saturated carbocycles. The topological polar surface area (TPSA) is 70.5 Å². The average Bonchev–Trinajstić information content (AvgIpc) is 3.64. The van der Waals surface area contributed by atoms with Crippen molar-refractivity contribution in [3.8, 4) is 0 Å². The summed E-state index contributed by atoms with van der Waals surface area (Å²) in [4.78, 5) is 35.1. The van der Waals surface area contributed by atoms with E-state index in [9.17, 15) is 9.59 Å². The highest BCUT2D eigenvalue weighted by Crippen LogP contribution is 2.18. The van der Waals surface area contributed by atoms with Crippen molar-refractivity contribution < 1.29 is 9.59 Å². The number of hydrogen-bond donors (Lipinski definition) is 1. The molecule has 4 aromatic rings. The molecule has 1 saturated heterocycles. The van der Waals surface area contributed by atoms with Crippen LogP contribution in [0.2, 0.25) is 0 Å². The second-order valence-electron chi connectivity index (χ2n) is 10.4. The Balaban J connectivity index is 1.14. The smallest absolute Gasteiger partial charge is 0.270 e. The second kappa shape index (κ2) is 13.5. The van der Waals surface area contributed by atoms with Crippen LogP contribution in [-0.2, 0) is 19.6 Å². The van der Waals surface area contributed by atoms with Crippen molar-refractivity contribution >= 4 is 23.2 Å². The van der Waals surface area contributed by atoms with Crippen LogP contribution in [0.5, 0.6) is 0 Å². The molecular weight excluding hydrogens is 518 g/mol. The number of nitrogens with zero attached hydrogens (tertiary/aromatic N) is 4. The summed E-state index contributed by atoms with van der Waals surface area (Å²) in [6, 6.07) is 24.2. The van der Waals surface area contributed by atoms with Gasteiger partial charge >= 0.3 is 0 Å². The van der Waals surface area contributed by atoms with E-state index < -0.39 is 0 Å². The van der Waals surface area contributed by atoms with E-state index in [1.807, 2.05) is 65.0 Å². The lowest BCUT2D eigenvalue weighted by atomic mass is 10.0. The maximum absolute atomic E-state index is 13.1. The summed E-state index contributed by atoms with van der Waals surface area (Å²) in [6.45, 7) is 6.76. The molecule has 2 aromatic heterocycles. The molecule has 0 bridgehead atoms. The maximum atomic E-state index is 13.1. The first kappa shape index (κ1) is 27.8. The van der Waals surface area contributed by atoms with Crippen molar-refractivity contribution in [2.75, 3.05) is 19.6 Å². The van der Waals surface area contributed by atoms with E-state index in [0.29, 0.717) is 30.9 Å². The lowest BCUT2D eigenvalue weighted by molar-refractivity contribution is 0.0739. The first-order valence-electron chi connectivity index (χ1n) is 14.1. The lowest BCUT2D eigenvalue weighted by Gasteiger charge is -2.32. The Morgan fingerprint density at radius 1 is 0.975 bits per heavy atom. The van der Waals surface area contributed by atoms with Crippen LogP contribution in [-0.4, -0.2) is 56.8 Å². The molecular formula is C32H37N5O2S. The molecule has 1 N–H and O–H groups in total. The largest absolute Gasteiger partial charge is 0.348 e. The highest BCUT2D eigenvalue weighted by molar-refractivity contribution is 7.09. The van der Waals surface area contributed by atoms with Crippen molar-refractivity contribution in [1.29, 1.82) is 0 Å². The van der Waals surface area contributed by atoms with E-state index in [1.54, 1.807) is 0 Å². The number of hydrogen-bond acceptors (Lipinski definition) is 5. The van der Waals surface area contributed by atoms with Gasteiger partial charge in [-0.3, -0.25) is 14.5 Å². The number of carbonyl (C=O) groups is 2. The molecule has 2 aromatic carbocycles. The van der Waals surface area contributed by atoms with Gasteiger partial charge in [0.05, 0.1) is 13.1 Å². The Hall–Kier alpha value is -3.75. The molecule has 0 atom stereocenters. The molecule has 208 valence electrons. The predicted molar refractivity (Wildman–Crippen MR) is 159 cm³/mol. The molecule has 0 unspecified atom stereocenters. The number of rotatable bonds is 11. The summed E-state index contributed by atoms with van der Waals surface area (Å²) in [5.74, 6) is -0.0615. The zero-order valence-corrected chi connectivity index (χ0v) is 23.9. The van der Waals surface area contributed by atoms with E-state index in [1.165, 1.54) is 16.9 Å². The number of thiazole rings is 1. The van der Waals surface area contributed by atoms with E-state index in [2.05, 4.69) is 51.0 Å². The summed E-state index contributed by atoms with van der Waals surface area (Å²) in [5, 5.41) is 5.92. The highest BCUT2D eigenvalue weighted by atomic mass is 32.1. The molecule has 7 nitrogen and oxygen atoms in total. The minimum Gasteiger partial charge on any atom is -0.348 e. The molecule has 0 radical (unpaired) electrons. The molecule has 0 spiro atoms. The Morgan fingerprint density at radius 3 is 2.42 bits per heavy atom. The van der Waals surface area contributed by atoms with Crippen molar-refractivity contribution in [3.63, 3.8) is 0 Å². The van der Waals surface area contributed by atoms with Gasteiger partial charge in [0.2, 0.25) is 0 Å². The molecule has 8 heteroatoms. The summed E-state index contributed by atoms with van der Waals surface area (Å²) < 4.78 is 2.11. The number of piperidine rings is 1. The highest BCUT2D eigenvalue weighted by Gasteiger charge is 2.23. The van der Waals surface area contributed by atoms with Crippen molar-refractivity contribution in [2.24, 2.45) is 0 Å². The van der Waals surface area contributed by atoms with Crippen LogP contribution in [0.25, 0.3) is 0 Å². The van der Waals surface area contributed by atoms with Gasteiger partial charge in [-0.1, -0.05) is 55.5 Å². The van der Waals surface area contributed by atoms with Crippen LogP contribution in [0.3, 0.4) is 0 Å². The Morgan fingerprint density at radius 2 is 1.70 bits per heavy atom. The van der Waals surface area contributed by atoms with Gasteiger partial charge in [0.1, 0.15) is 10.7 Å². The molecule has 5 rings (SSSR count). The SMILES string of the molecule is CCCN(Cc1cccn1Cc1nc(C(=O)NC2CCN(Cc3ccccc3)CC2)cs1)C(=O)c1ccccc1. The lowest BCUT2D eigenvalue weighted by Crippen LogP contribution is -2.44. The zero-order valence-electron chi connectivity index (χ0n) is 23.0. The quantitative estimate of drug-likeness (QED) is 0.268. The van der Waals surface area contributed by atoms with Gasteiger partial charge in [-0.15, -0.1) is 11.3 Å². The first-order chi connectivity index (χ1) is 19.6. The fourth-order valence-electron chi connectivity index (χ4n) is 5.20. The Bertz CT molecular complexity index is 1380. The summed E-state index contributed by atoms with van der Waals surface area (Å²) in [6.07, 6.45) is 4.78. The third-order valence-corrected chi connectivity index (χ3v) is 8.17. The van der Waals surface area contributed by atoms with Crippen LogP contribution in [0, 0.1) is 0 Å². The number of likely N-dealkylation sites (tertiary alicyclic amines) is 1. The third kappa shape index (κ3) is 7.25. The molecule has 3 heterocycles. The number of nitrogens with one attached hydrogen (secondary N) is 1. The van der Waals surface area contributed by atoms with E-state index in [0.717, 1.165) is 49.6 Å². The molecule has 0 aliphatic carbocycles. The van der Waals surface area contributed by atoms with E-state index >= 15 is 0 Å². The normalized spacial score (nSPS) is 14.2. The van der Waals surface area contributed by atoms with Crippen molar-refractivity contribution in [2.45, 2.75) is 51.9 Å². The molecule has 2 amide bonds. The van der Waals surface area contributed by atoms with Gasteiger partial charge in [0.15, 0.2) is 0 Å². The van der Waals surface area contributed by atoms with Gasteiger partial charge < -0.3 is 14.8 Å². The number of aromatic nitrogens is 2. The van der Waals surface area contributed by atoms with Gasteiger partial charge in [-0.05, 0) is 49.1 Å². The molecule has 1 aliphatic rings. The van der Waals surface area contributed by atoms with Crippen LogP contribution in [0.15, 0.2) is 84.4 Å². The number of amides is 2. The Kier molecular flexibility index (Phi) is 9.42. The van der Waals surface area contributed by atoms with Crippen LogP contribution in [0.1, 0.15) is 63.3 Å². The summed E-state index contributed by atoms with van der Waals surface area (Å²) >= 11 is 1.50. The standard InChI is InChI=1S/C32H37N5O2S/c1-2-17-37(32(39)26-12-7-4-8-13-26)22-28-14-9-18-36(28)23-30-34-29(24-40-30)31(38)33-27-15-19-35(20-16-27)21-25-10-5-3-6-11-25/h3-14,18,24,27H,2,15-17,19-23H2,1H3,(H,33,38). The molecule has 40 heavy (non-hydrogen) atoms. The molecule has 1 aliphatic heterocycles. The minimum atomic E-state index is -0.0979. The van der Waals surface area contributed by atoms with Crippen LogP contribution in [0.4, 0.5) is 0 Å². The third-order valence-electron chi connectivity index (χ3n) is 7.34. The summed E-state index contributed by atoms with van der Waals surface area (Å²) in [7, 11) is 0. The fourth-order valence-corrected chi connectivity index (χ4v) is 5.97. The maximum Gasteiger partial charge on any atom is 0.270 e. The average molecular weight is 556 g/mol. The minimum absolute atomic E-state index is 0.0364. The van der Waals surface area contributed by atoms with Gasteiger partial charge in [-0.25, -0.2) is 4.98 Å².